The van der Waals surface area contributed by atoms with Crippen LogP contribution in [-0.2, 0) is 28.6 Å². The number of hydrogen-bond acceptors (Lipinski definition) is 6. The summed E-state index contributed by atoms with van der Waals surface area (Å²) in [6.07, 6.45) is -1.47. The maximum atomic E-state index is 13.7. The van der Waals surface area contributed by atoms with Gasteiger partial charge in [-0.2, -0.15) is 8.78 Å². The minimum absolute atomic E-state index is 0.0136. The van der Waals surface area contributed by atoms with Crippen molar-refractivity contribution in [1.82, 2.24) is 0 Å². The minimum Gasteiger partial charge on any atom is -0.466 e. The van der Waals surface area contributed by atoms with Crippen LogP contribution in [0.25, 0.3) is 0 Å². The quantitative estimate of drug-likeness (QED) is 0.452. The Labute approximate surface area is 128 Å². The van der Waals surface area contributed by atoms with Crippen molar-refractivity contribution in [2.75, 3.05) is 19.8 Å². The van der Waals surface area contributed by atoms with Crippen LogP contribution in [0.2, 0.25) is 0 Å². The third kappa shape index (κ3) is 7.33. The number of carbonyl (C=O) groups is 3. The lowest BCUT2D eigenvalue weighted by Gasteiger charge is -2.20. The van der Waals surface area contributed by atoms with E-state index >= 15 is 0 Å². The first-order valence-corrected chi connectivity index (χ1v) is 7.15. The van der Waals surface area contributed by atoms with Crippen molar-refractivity contribution in [3.05, 3.63) is 0 Å². The fraction of sp³-hybridized carbons (Fsp3) is 0.786. The molecule has 1 atom stereocenters. The van der Waals surface area contributed by atoms with Gasteiger partial charge in [0.25, 0.3) is 0 Å². The average Bonchev–Trinajstić information content (AvgIpc) is 2.44. The maximum absolute atomic E-state index is 13.7. The van der Waals surface area contributed by atoms with E-state index in [1.54, 1.807) is 6.92 Å². The summed E-state index contributed by atoms with van der Waals surface area (Å²) in [4.78, 5) is 34.2. The van der Waals surface area contributed by atoms with E-state index in [-0.39, 0.29) is 32.7 Å². The van der Waals surface area contributed by atoms with Gasteiger partial charge in [-0.05, 0) is 27.2 Å². The van der Waals surface area contributed by atoms with Crippen LogP contribution >= 0.6 is 0 Å². The van der Waals surface area contributed by atoms with Crippen LogP contribution in [0.1, 0.15) is 40.0 Å². The molecule has 0 rings (SSSR count). The zero-order valence-electron chi connectivity index (χ0n) is 13.0. The van der Waals surface area contributed by atoms with Crippen molar-refractivity contribution in [3.8, 4) is 0 Å². The summed E-state index contributed by atoms with van der Waals surface area (Å²) in [6.45, 7) is 4.51. The Morgan fingerprint density at radius 3 is 2.00 bits per heavy atom. The minimum atomic E-state index is -3.82. The topological polar surface area (TPSA) is 78.9 Å². The Morgan fingerprint density at radius 2 is 1.50 bits per heavy atom. The number of rotatable bonds is 10. The highest BCUT2D eigenvalue weighted by molar-refractivity contribution is 5.80. The molecule has 0 fully saturated rings. The molecule has 0 aliphatic rings. The maximum Gasteiger partial charge on any atom is 0.376 e. The van der Waals surface area contributed by atoms with Crippen LogP contribution in [0.3, 0.4) is 0 Å². The van der Waals surface area contributed by atoms with Gasteiger partial charge in [-0.1, -0.05) is 0 Å². The average molecular weight is 324 g/mol. The van der Waals surface area contributed by atoms with Crippen LogP contribution in [0.5, 0.6) is 0 Å². The van der Waals surface area contributed by atoms with E-state index in [1.807, 2.05) is 0 Å². The summed E-state index contributed by atoms with van der Waals surface area (Å²) < 4.78 is 41.1. The van der Waals surface area contributed by atoms with Gasteiger partial charge >= 0.3 is 23.8 Å². The van der Waals surface area contributed by atoms with Crippen molar-refractivity contribution < 1.29 is 37.4 Å². The molecule has 0 saturated carbocycles. The van der Waals surface area contributed by atoms with E-state index in [0.29, 0.717) is 0 Å². The van der Waals surface area contributed by atoms with Gasteiger partial charge in [0.1, 0.15) is 0 Å². The number of halogens is 2. The van der Waals surface area contributed by atoms with Crippen molar-refractivity contribution in [1.29, 1.82) is 0 Å². The number of alkyl halides is 2. The fourth-order valence-corrected chi connectivity index (χ4v) is 1.72. The lowest BCUT2D eigenvalue weighted by Crippen LogP contribution is -2.36. The smallest absolute Gasteiger partial charge is 0.376 e. The molecular formula is C14H22F2O6. The lowest BCUT2D eigenvalue weighted by molar-refractivity contribution is -0.176. The first-order chi connectivity index (χ1) is 10.3. The zero-order valence-corrected chi connectivity index (χ0v) is 13.0. The molecule has 6 nitrogen and oxygen atoms in total. The van der Waals surface area contributed by atoms with Gasteiger partial charge in [0.15, 0.2) is 0 Å². The third-order valence-corrected chi connectivity index (χ3v) is 2.70. The summed E-state index contributed by atoms with van der Waals surface area (Å²) >= 11 is 0. The van der Waals surface area contributed by atoms with Crippen LogP contribution in [0, 0.1) is 5.92 Å². The molecule has 8 heteroatoms. The molecule has 0 spiro atoms. The molecule has 0 saturated heterocycles. The molecule has 0 aromatic heterocycles. The van der Waals surface area contributed by atoms with Crippen molar-refractivity contribution >= 4 is 17.9 Å². The summed E-state index contributed by atoms with van der Waals surface area (Å²) in [5.74, 6) is -8.28. The number of carbonyl (C=O) groups excluding carboxylic acids is 3. The second-order valence-corrected chi connectivity index (χ2v) is 4.42. The first kappa shape index (κ1) is 20.3. The van der Waals surface area contributed by atoms with Gasteiger partial charge in [-0.25, -0.2) is 4.79 Å². The van der Waals surface area contributed by atoms with Gasteiger partial charge in [0.05, 0.1) is 25.7 Å². The molecule has 0 radical (unpaired) electrons. The van der Waals surface area contributed by atoms with Crippen LogP contribution in [0.15, 0.2) is 0 Å². The van der Waals surface area contributed by atoms with Crippen molar-refractivity contribution in [2.24, 2.45) is 5.92 Å². The van der Waals surface area contributed by atoms with E-state index < -0.39 is 36.2 Å². The standard InChI is InChI=1S/C14H22F2O6/c1-4-20-11(17)8-7-10(12(18)21-5-2)9-14(15,16)13(19)22-6-3/h10H,4-9H2,1-3H3. The number of ether oxygens (including phenoxy) is 3. The Kier molecular flexibility index (Phi) is 9.28. The van der Waals surface area contributed by atoms with E-state index in [9.17, 15) is 23.2 Å². The molecule has 0 aliphatic carbocycles. The van der Waals surface area contributed by atoms with Crippen LogP contribution in [-0.4, -0.2) is 43.7 Å². The number of esters is 3. The normalized spacial score (nSPS) is 12.4. The van der Waals surface area contributed by atoms with Crippen LogP contribution in [0.4, 0.5) is 8.78 Å². The lowest BCUT2D eigenvalue weighted by atomic mass is 9.95. The fourth-order valence-electron chi connectivity index (χ4n) is 1.72. The molecule has 22 heavy (non-hydrogen) atoms. The molecule has 0 aromatic carbocycles. The molecule has 0 heterocycles. The summed E-state index contributed by atoms with van der Waals surface area (Å²) in [7, 11) is 0. The third-order valence-electron chi connectivity index (χ3n) is 2.70. The molecule has 0 aliphatic heterocycles. The summed E-state index contributed by atoms with van der Waals surface area (Å²) in [5.41, 5.74) is 0. The first-order valence-electron chi connectivity index (χ1n) is 7.15. The number of hydrogen-bond donors (Lipinski definition) is 0. The zero-order chi connectivity index (χ0) is 17.2. The summed E-state index contributed by atoms with van der Waals surface area (Å²) in [5, 5.41) is 0. The second-order valence-electron chi connectivity index (χ2n) is 4.42. The van der Waals surface area contributed by atoms with Gasteiger partial charge in [0, 0.05) is 12.8 Å². The highest BCUT2D eigenvalue weighted by atomic mass is 19.3. The second kappa shape index (κ2) is 10.1. The SMILES string of the molecule is CCOC(=O)CCC(CC(F)(F)C(=O)OCC)C(=O)OCC. The van der Waals surface area contributed by atoms with Gasteiger partial charge in [-0.3, -0.25) is 9.59 Å². The van der Waals surface area contributed by atoms with Gasteiger partial charge < -0.3 is 14.2 Å². The van der Waals surface area contributed by atoms with E-state index in [4.69, 9.17) is 4.74 Å². The monoisotopic (exact) mass is 324 g/mol. The predicted octanol–water partition coefficient (Wildman–Crippen LogP) is 2.10. The van der Waals surface area contributed by atoms with Gasteiger partial charge in [-0.15, -0.1) is 0 Å². The Bertz CT molecular complexity index is 384. The molecular weight excluding hydrogens is 302 g/mol. The van der Waals surface area contributed by atoms with Crippen molar-refractivity contribution in [3.63, 3.8) is 0 Å². The Hall–Kier alpha value is -1.73. The van der Waals surface area contributed by atoms with Gasteiger partial charge in [0.2, 0.25) is 0 Å². The van der Waals surface area contributed by atoms with E-state index in [2.05, 4.69) is 9.47 Å². The van der Waals surface area contributed by atoms with E-state index in [0.717, 1.165) is 0 Å². The molecule has 0 bridgehead atoms. The predicted molar refractivity (Wildman–Crippen MR) is 72.2 cm³/mol. The molecule has 128 valence electrons. The molecule has 0 N–H and O–H groups in total. The summed E-state index contributed by atoms with van der Waals surface area (Å²) in [6, 6.07) is 0. The van der Waals surface area contributed by atoms with Crippen LogP contribution < -0.4 is 0 Å². The molecule has 0 aromatic rings. The highest BCUT2D eigenvalue weighted by Crippen LogP contribution is 2.28. The van der Waals surface area contributed by atoms with E-state index in [1.165, 1.54) is 13.8 Å². The molecule has 0 amide bonds. The largest absolute Gasteiger partial charge is 0.466 e. The molecule has 1 unspecified atom stereocenters. The Morgan fingerprint density at radius 1 is 0.955 bits per heavy atom. The Balaban J connectivity index is 4.81. The van der Waals surface area contributed by atoms with Crippen molar-refractivity contribution in [2.45, 2.75) is 46.0 Å². The highest BCUT2D eigenvalue weighted by Gasteiger charge is 2.44.